The second-order valence-electron chi connectivity index (χ2n) is 5.84. The number of hydrogen-bond acceptors (Lipinski definition) is 5. The van der Waals surface area contributed by atoms with Gasteiger partial charge >= 0.3 is 5.69 Å². The minimum atomic E-state index is -0.787. The van der Waals surface area contributed by atoms with Crippen LogP contribution in [-0.2, 0) is 13.6 Å². The maximum Gasteiger partial charge on any atom is 0.322 e. The zero-order valence-corrected chi connectivity index (χ0v) is 17.0. The van der Waals surface area contributed by atoms with Crippen molar-refractivity contribution in [1.82, 2.24) is 19.6 Å². The quantitative estimate of drug-likeness (QED) is 0.451. The smallest absolute Gasteiger partial charge is 0.302 e. The zero-order chi connectivity index (χ0) is 20.6. The third kappa shape index (κ3) is 3.76. The Labute approximate surface area is 171 Å². The molecule has 0 bridgehead atoms. The molecule has 0 aliphatic carbocycles. The molecule has 0 saturated carbocycles. The highest BCUT2D eigenvalue weighted by Crippen LogP contribution is 2.26. The number of rotatable bonds is 5. The van der Waals surface area contributed by atoms with Gasteiger partial charge in [-0.25, -0.2) is 4.39 Å². The molecular weight excluding hydrogens is 459 g/mol. The number of carbonyl (C=O) groups is 1. The van der Waals surface area contributed by atoms with Crippen LogP contribution in [0.2, 0.25) is 5.02 Å². The number of amides is 1. The van der Waals surface area contributed by atoms with Crippen LogP contribution >= 0.6 is 27.5 Å². The van der Waals surface area contributed by atoms with Crippen molar-refractivity contribution < 1.29 is 14.1 Å². The third-order valence-corrected chi connectivity index (χ3v) is 4.97. The molecule has 0 aliphatic heterocycles. The molecule has 12 heteroatoms. The summed E-state index contributed by atoms with van der Waals surface area (Å²) in [7, 11) is 1.50. The Morgan fingerprint density at radius 1 is 1.43 bits per heavy atom. The predicted molar refractivity (Wildman–Crippen MR) is 103 cm³/mol. The summed E-state index contributed by atoms with van der Waals surface area (Å²) in [5.41, 5.74) is -0.223. The van der Waals surface area contributed by atoms with Crippen molar-refractivity contribution >= 4 is 44.9 Å². The molecule has 146 valence electrons. The average molecular weight is 472 g/mol. The van der Waals surface area contributed by atoms with Crippen LogP contribution in [-0.4, -0.2) is 30.4 Å². The van der Waals surface area contributed by atoms with Crippen LogP contribution in [0.4, 0.5) is 15.9 Å². The molecule has 9 nitrogen and oxygen atoms in total. The minimum Gasteiger partial charge on any atom is -0.302 e. The molecular formula is C16H13BrClFN6O3. The molecule has 0 atom stereocenters. The standard InChI is InChI=1S/C16H13BrClFN6O3/c1-8-14(25(27)28)13(21-23(8)2)16(26)20-15-10(17)7-24(22-15)6-9-11(18)4-3-5-12(9)19/h3-5,7H,6H2,1-2H3,(H,20,22,26). The first-order valence-corrected chi connectivity index (χ1v) is 9.01. The maximum absolute atomic E-state index is 14.0. The Morgan fingerprint density at radius 2 is 2.14 bits per heavy atom. The first kappa shape index (κ1) is 20.0. The van der Waals surface area contributed by atoms with Gasteiger partial charge in [-0.05, 0) is 35.0 Å². The fourth-order valence-corrected chi connectivity index (χ4v) is 3.18. The Balaban J connectivity index is 1.86. The molecule has 28 heavy (non-hydrogen) atoms. The van der Waals surface area contributed by atoms with Gasteiger partial charge in [-0.15, -0.1) is 0 Å². The van der Waals surface area contributed by atoms with E-state index in [0.717, 1.165) is 0 Å². The maximum atomic E-state index is 14.0. The van der Waals surface area contributed by atoms with Crippen LogP contribution in [0.1, 0.15) is 21.7 Å². The van der Waals surface area contributed by atoms with Gasteiger partial charge in [0.05, 0.1) is 15.9 Å². The molecule has 0 fully saturated rings. The molecule has 1 amide bonds. The van der Waals surface area contributed by atoms with Crippen LogP contribution in [0.3, 0.4) is 0 Å². The fourth-order valence-electron chi connectivity index (χ4n) is 2.54. The highest BCUT2D eigenvalue weighted by molar-refractivity contribution is 9.10. The summed E-state index contributed by atoms with van der Waals surface area (Å²) in [4.78, 5) is 23.1. The van der Waals surface area contributed by atoms with Crippen molar-refractivity contribution in [3.63, 3.8) is 0 Å². The van der Waals surface area contributed by atoms with Crippen LogP contribution in [0.5, 0.6) is 0 Å². The van der Waals surface area contributed by atoms with Gasteiger partial charge in [0.2, 0.25) is 5.69 Å². The molecule has 0 saturated heterocycles. The largest absolute Gasteiger partial charge is 0.322 e. The highest BCUT2D eigenvalue weighted by atomic mass is 79.9. The number of nitro groups is 1. The van der Waals surface area contributed by atoms with E-state index in [0.29, 0.717) is 4.47 Å². The molecule has 3 rings (SSSR count). The normalized spacial score (nSPS) is 10.9. The van der Waals surface area contributed by atoms with Crippen molar-refractivity contribution in [2.75, 3.05) is 5.32 Å². The number of benzene rings is 1. The van der Waals surface area contributed by atoms with Gasteiger partial charge in [0, 0.05) is 23.8 Å². The van der Waals surface area contributed by atoms with Gasteiger partial charge < -0.3 is 5.32 Å². The summed E-state index contributed by atoms with van der Waals surface area (Å²) >= 11 is 9.27. The lowest BCUT2D eigenvalue weighted by atomic mass is 10.2. The Kier molecular flexibility index (Phi) is 5.47. The molecule has 1 aromatic carbocycles. The van der Waals surface area contributed by atoms with E-state index in [1.807, 2.05) is 0 Å². The number of nitrogens with one attached hydrogen (secondary N) is 1. The highest BCUT2D eigenvalue weighted by Gasteiger charge is 2.29. The monoisotopic (exact) mass is 470 g/mol. The summed E-state index contributed by atoms with van der Waals surface area (Å²) in [5.74, 6) is -1.16. The lowest BCUT2D eigenvalue weighted by molar-refractivity contribution is -0.385. The van der Waals surface area contributed by atoms with Gasteiger partial charge in [0.15, 0.2) is 5.82 Å². The lowest BCUT2D eigenvalue weighted by Crippen LogP contribution is -2.15. The number of halogens is 3. The van der Waals surface area contributed by atoms with Crippen LogP contribution in [0.15, 0.2) is 28.9 Å². The predicted octanol–water partition coefficient (Wildman–Crippen LogP) is 3.69. The van der Waals surface area contributed by atoms with E-state index in [2.05, 4.69) is 31.4 Å². The topological polar surface area (TPSA) is 108 Å². The van der Waals surface area contributed by atoms with Crippen molar-refractivity contribution in [3.05, 3.63) is 66.8 Å². The number of aromatic nitrogens is 4. The first-order chi connectivity index (χ1) is 13.2. The first-order valence-electron chi connectivity index (χ1n) is 7.84. The van der Waals surface area contributed by atoms with Crippen molar-refractivity contribution in [2.45, 2.75) is 13.5 Å². The van der Waals surface area contributed by atoms with Gasteiger partial charge in [0.1, 0.15) is 11.5 Å². The molecule has 0 aliphatic rings. The Hall–Kier alpha value is -2.79. The Bertz CT molecular complexity index is 1080. The van der Waals surface area contributed by atoms with E-state index < -0.39 is 16.6 Å². The van der Waals surface area contributed by atoms with Crippen LogP contribution in [0.25, 0.3) is 0 Å². The lowest BCUT2D eigenvalue weighted by Gasteiger charge is -2.05. The molecule has 0 spiro atoms. The van der Waals surface area contributed by atoms with E-state index in [4.69, 9.17) is 11.6 Å². The number of nitrogens with zero attached hydrogens (tertiary/aromatic N) is 5. The van der Waals surface area contributed by atoms with Gasteiger partial charge in [-0.2, -0.15) is 10.2 Å². The van der Waals surface area contributed by atoms with E-state index in [1.165, 1.54) is 41.7 Å². The number of hydrogen-bond donors (Lipinski definition) is 1. The van der Waals surface area contributed by atoms with Crippen LogP contribution < -0.4 is 5.32 Å². The molecule has 0 unspecified atom stereocenters. The van der Waals surface area contributed by atoms with Gasteiger partial charge in [-0.3, -0.25) is 24.3 Å². The van der Waals surface area contributed by atoms with E-state index >= 15 is 0 Å². The Morgan fingerprint density at radius 3 is 2.79 bits per heavy atom. The van der Waals surface area contributed by atoms with Gasteiger partial charge in [0.25, 0.3) is 5.91 Å². The number of carbonyl (C=O) groups excluding carboxylic acids is 1. The van der Waals surface area contributed by atoms with Crippen LogP contribution in [0, 0.1) is 22.9 Å². The molecule has 2 heterocycles. The van der Waals surface area contributed by atoms with Crippen molar-refractivity contribution in [2.24, 2.45) is 7.05 Å². The molecule has 1 N–H and O–H groups in total. The molecule has 2 aromatic heterocycles. The average Bonchev–Trinajstić information content (AvgIpc) is 3.11. The van der Waals surface area contributed by atoms with E-state index in [-0.39, 0.29) is 40.0 Å². The molecule has 3 aromatic rings. The summed E-state index contributed by atoms with van der Waals surface area (Å²) in [5, 5.41) is 22.0. The SMILES string of the molecule is Cc1c([N+](=O)[O-])c(C(=O)Nc2nn(Cc3c(F)cccc3Cl)cc2Br)nn1C. The van der Waals surface area contributed by atoms with Crippen molar-refractivity contribution in [1.29, 1.82) is 0 Å². The van der Waals surface area contributed by atoms with Gasteiger partial charge in [-0.1, -0.05) is 17.7 Å². The second-order valence-corrected chi connectivity index (χ2v) is 7.10. The summed E-state index contributed by atoms with van der Waals surface area (Å²) in [6.07, 6.45) is 1.52. The molecule has 0 radical (unpaired) electrons. The van der Waals surface area contributed by atoms with Crippen molar-refractivity contribution in [3.8, 4) is 0 Å². The fraction of sp³-hybridized carbons (Fsp3) is 0.188. The zero-order valence-electron chi connectivity index (χ0n) is 14.6. The van der Waals surface area contributed by atoms with E-state index in [9.17, 15) is 19.3 Å². The third-order valence-electron chi connectivity index (χ3n) is 4.03. The van der Waals surface area contributed by atoms with E-state index in [1.54, 1.807) is 6.07 Å². The second kappa shape index (κ2) is 7.68. The number of aryl methyl sites for hydroxylation is 1. The minimum absolute atomic E-state index is 0.0306. The summed E-state index contributed by atoms with van der Waals surface area (Å²) < 4.78 is 17.0. The number of anilines is 1. The summed E-state index contributed by atoms with van der Waals surface area (Å²) in [6.45, 7) is 1.52. The summed E-state index contributed by atoms with van der Waals surface area (Å²) in [6, 6.07) is 4.34.